The molecule has 3 rings (SSSR count). The van der Waals surface area contributed by atoms with Crippen LogP contribution < -0.4 is 10.2 Å². The summed E-state index contributed by atoms with van der Waals surface area (Å²) in [6.07, 6.45) is 1.62. The zero-order valence-corrected chi connectivity index (χ0v) is 19.7. The lowest BCUT2D eigenvalue weighted by molar-refractivity contribution is -0.142. The number of esters is 1. The van der Waals surface area contributed by atoms with Crippen molar-refractivity contribution in [2.45, 2.75) is 39.7 Å². The molecule has 33 heavy (non-hydrogen) atoms. The summed E-state index contributed by atoms with van der Waals surface area (Å²) in [7, 11) is 0. The van der Waals surface area contributed by atoms with Crippen molar-refractivity contribution in [2.24, 2.45) is 0 Å². The second kappa shape index (κ2) is 10.9. The maximum Gasteiger partial charge on any atom is 0.410 e. The summed E-state index contributed by atoms with van der Waals surface area (Å²) in [5.41, 5.74) is 0.128. The Hall–Kier alpha value is -3.43. The van der Waals surface area contributed by atoms with Gasteiger partial charge in [-0.3, -0.25) is 9.78 Å². The van der Waals surface area contributed by atoms with Gasteiger partial charge < -0.3 is 24.6 Å². The largest absolute Gasteiger partial charge is 0.466 e. The summed E-state index contributed by atoms with van der Waals surface area (Å²) in [6, 6.07) is 7.41. The Morgan fingerprint density at radius 3 is 2.52 bits per heavy atom. The Morgan fingerprint density at radius 2 is 1.88 bits per heavy atom. The summed E-state index contributed by atoms with van der Waals surface area (Å²) in [4.78, 5) is 41.5. The molecule has 0 aromatic carbocycles. The number of ether oxygens (including phenoxy) is 2. The zero-order chi connectivity index (χ0) is 23.8. The summed E-state index contributed by atoms with van der Waals surface area (Å²) in [5, 5.41) is 3.19. The molecule has 1 N–H and O–H groups in total. The van der Waals surface area contributed by atoms with Crippen LogP contribution in [-0.2, 0) is 14.3 Å². The molecule has 1 fully saturated rings. The molecule has 1 amide bonds. The van der Waals surface area contributed by atoms with Crippen molar-refractivity contribution in [3.63, 3.8) is 0 Å². The maximum atomic E-state index is 12.4. The molecule has 2 aromatic heterocycles. The molecule has 1 saturated heterocycles. The highest BCUT2D eigenvalue weighted by Crippen LogP contribution is 2.23. The van der Waals surface area contributed by atoms with Gasteiger partial charge >= 0.3 is 12.1 Å². The number of nitrogens with zero attached hydrogens (tertiary/aromatic N) is 5. The molecule has 0 aliphatic carbocycles. The first-order valence-corrected chi connectivity index (χ1v) is 11.2. The molecule has 178 valence electrons. The van der Waals surface area contributed by atoms with E-state index in [0.717, 1.165) is 5.82 Å². The highest BCUT2D eigenvalue weighted by atomic mass is 16.6. The third-order valence-corrected chi connectivity index (χ3v) is 4.80. The van der Waals surface area contributed by atoms with Crippen LogP contribution in [0.2, 0.25) is 0 Å². The number of carbonyl (C=O) groups excluding carboxylic acids is 2. The molecule has 1 aliphatic heterocycles. The smallest absolute Gasteiger partial charge is 0.410 e. The van der Waals surface area contributed by atoms with Gasteiger partial charge in [0.2, 0.25) is 0 Å². The Balaban J connectivity index is 1.73. The topological polar surface area (TPSA) is 110 Å². The van der Waals surface area contributed by atoms with E-state index in [1.165, 1.54) is 0 Å². The molecule has 10 nitrogen and oxygen atoms in total. The lowest BCUT2D eigenvalue weighted by Crippen LogP contribution is -2.50. The van der Waals surface area contributed by atoms with E-state index in [0.29, 0.717) is 56.7 Å². The van der Waals surface area contributed by atoms with Gasteiger partial charge in [-0.1, -0.05) is 6.07 Å². The summed E-state index contributed by atoms with van der Waals surface area (Å²) in [6.45, 7) is 10.4. The standard InChI is InChI=1S/C23H32N6O4/c1-5-32-20(30)9-11-25-18-16-19(27-21(26-18)17-8-6-7-10-24-17)28-12-14-29(15-13-28)22(31)33-23(2,3)4/h6-8,10,16H,5,9,11-15H2,1-4H3,(H,25,26,27). The monoisotopic (exact) mass is 456 g/mol. The van der Waals surface area contributed by atoms with Crippen molar-refractivity contribution in [1.82, 2.24) is 19.9 Å². The van der Waals surface area contributed by atoms with Gasteiger partial charge in [0.15, 0.2) is 5.82 Å². The molecule has 0 unspecified atom stereocenters. The van der Waals surface area contributed by atoms with Gasteiger partial charge in [-0.15, -0.1) is 0 Å². The van der Waals surface area contributed by atoms with Crippen LogP contribution in [0.5, 0.6) is 0 Å². The molecule has 0 spiro atoms. The molecule has 0 bridgehead atoms. The summed E-state index contributed by atoms with van der Waals surface area (Å²) < 4.78 is 10.5. The third-order valence-electron chi connectivity index (χ3n) is 4.80. The minimum atomic E-state index is -0.525. The van der Waals surface area contributed by atoms with E-state index < -0.39 is 5.60 Å². The van der Waals surface area contributed by atoms with Gasteiger partial charge in [-0.2, -0.15) is 0 Å². The first kappa shape index (κ1) is 24.2. The fourth-order valence-corrected chi connectivity index (χ4v) is 3.27. The quantitative estimate of drug-likeness (QED) is 0.629. The number of amides is 1. The number of pyridine rings is 1. The predicted molar refractivity (Wildman–Crippen MR) is 125 cm³/mol. The maximum absolute atomic E-state index is 12.4. The fourth-order valence-electron chi connectivity index (χ4n) is 3.27. The normalized spacial score (nSPS) is 14.1. The molecular formula is C23H32N6O4. The van der Waals surface area contributed by atoms with Gasteiger partial charge in [0, 0.05) is 45.0 Å². The average Bonchev–Trinajstić information content (AvgIpc) is 2.79. The number of carbonyl (C=O) groups is 2. The molecule has 3 heterocycles. The number of nitrogens with one attached hydrogen (secondary N) is 1. The minimum Gasteiger partial charge on any atom is -0.466 e. The van der Waals surface area contributed by atoms with E-state index in [4.69, 9.17) is 14.5 Å². The van der Waals surface area contributed by atoms with Crippen LogP contribution in [0, 0.1) is 0 Å². The number of anilines is 2. The summed E-state index contributed by atoms with van der Waals surface area (Å²) in [5.74, 6) is 1.55. The first-order chi connectivity index (χ1) is 15.7. The van der Waals surface area contributed by atoms with Crippen LogP contribution in [0.15, 0.2) is 30.5 Å². The number of rotatable bonds is 7. The van der Waals surface area contributed by atoms with E-state index in [9.17, 15) is 9.59 Å². The molecule has 0 atom stereocenters. The third kappa shape index (κ3) is 7.30. The van der Waals surface area contributed by atoms with Gasteiger partial charge in [0.25, 0.3) is 0 Å². The Labute approximate surface area is 194 Å². The molecular weight excluding hydrogens is 424 g/mol. The van der Waals surface area contributed by atoms with E-state index in [2.05, 4.69) is 20.2 Å². The number of hydrogen-bond acceptors (Lipinski definition) is 9. The number of aromatic nitrogens is 3. The van der Waals surface area contributed by atoms with Crippen LogP contribution >= 0.6 is 0 Å². The van der Waals surface area contributed by atoms with Crippen molar-refractivity contribution in [3.8, 4) is 11.5 Å². The fraction of sp³-hybridized carbons (Fsp3) is 0.522. The van der Waals surface area contributed by atoms with Crippen LogP contribution in [0.1, 0.15) is 34.1 Å². The van der Waals surface area contributed by atoms with Crippen LogP contribution in [0.3, 0.4) is 0 Å². The van der Waals surface area contributed by atoms with E-state index in [-0.39, 0.29) is 18.5 Å². The van der Waals surface area contributed by atoms with Crippen molar-refractivity contribution in [2.75, 3.05) is 49.5 Å². The van der Waals surface area contributed by atoms with Crippen molar-refractivity contribution >= 4 is 23.7 Å². The Bertz CT molecular complexity index is 940. The van der Waals surface area contributed by atoms with Crippen molar-refractivity contribution in [1.29, 1.82) is 0 Å². The van der Waals surface area contributed by atoms with Gasteiger partial charge in [0.1, 0.15) is 22.9 Å². The highest BCUT2D eigenvalue weighted by Gasteiger charge is 2.27. The van der Waals surface area contributed by atoms with Crippen LogP contribution in [0.4, 0.5) is 16.4 Å². The van der Waals surface area contributed by atoms with Crippen LogP contribution in [0.25, 0.3) is 11.5 Å². The van der Waals surface area contributed by atoms with Gasteiger partial charge in [0.05, 0.1) is 13.0 Å². The number of piperazine rings is 1. The lowest BCUT2D eigenvalue weighted by Gasteiger charge is -2.36. The van der Waals surface area contributed by atoms with Crippen LogP contribution in [-0.4, -0.2) is 76.8 Å². The highest BCUT2D eigenvalue weighted by molar-refractivity contribution is 5.70. The second-order valence-corrected chi connectivity index (χ2v) is 8.59. The predicted octanol–water partition coefficient (Wildman–Crippen LogP) is 2.96. The Morgan fingerprint density at radius 1 is 1.12 bits per heavy atom. The number of hydrogen-bond donors (Lipinski definition) is 1. The SMILES string of the molecule is CCOC(=O)CCNc1cc(N2CCN(C(=O)OC(C)(C)C)CC2)nc(-c2ccccn2)n1. The Kier molecular flexibility index (Phi) is 8.02. The van der Waals surface area contributed by atoms with Crippen molar-refractivity contribution in [3.05, 3.63) is 30.5 Å². The van der Waals surface area contributed by atoms with Crippen molar-refractivity contribution < 1.29 is 19.1 Å². The first-order valence-electron chi connectivity index (χ1n) is 11.2. The van der Waals surface area contributed by atoms with Gasteiger partial charge in [-0.05, 0) is 39.8 Å². The zero-order valence-electron chi connectivity index (χ0n) is 19.7. The lowest BCUT2D eigenvalue weighted by atomic mass is 10.2. The molecule has 0 saturated carbocycles. The van der Waals surface area contributed by atoms with E-state index in [1.54, 1.807) is 18.0 Å². The average molecular weight is 457 g/mol. The summed E-state index contributed by atoms with van der Waals surface area (Å²) >= 11 is 0. The van der Waals surface area contributed by atoms with Gasteiger partial charge in [-0.25, -0.2) is 14.8 Å². The molecule has 2 aromatic rings. The van der Waals surface area contributed by atoms with E-state index >= 15 is 0 Å². The molecule has 0 radical (unpaired) electrons. The molecule has 10 heteroatoms. The molecule has 1 aliphatic rings. The second-order valence-electron chi connectivity index (χ2n) is 8.59. The van der Waals surface area contributed by atoms with E-state index in [1.807, 2.05) is 45.0 Å². The minimum absolute atomic E-state index is 0.237.